The molecule has 1 N–H and O–H groups in total. The number of rotatable bonds is 6. The molecule has 6 heteroatoms. The van der Waals surface area contributed by atoms with Crippen molar-refractivity contribution in [1.82, 2.24) is 4.72 Å². The molecule has 1 unspecified atom stereocenters. The van der Waals surface area contributed by atoms with Gasteiger partial charge in [0.1, 0.15) is 6.04 Å². The molecule has 0 aliphatic rings. The zero-order chi connectivity index (χ0) is 14.5. The number of carbonyl (C=O) groups is 1. The maximum Gasteiger partial charge on any atom is 0.241 e. The van der Waals surface area contributed by atoms with Crippen LogP contribution in [0.5, 0.6) is 0 Å². The van der Waals surface area contributed by atoms with Crippen molar-refractivity contribution < 1.29 is 13.2 Å². The van der Waals surface area contributed by atoms with E-state index in [2.05, 4.69) is 4.72 Å². The fourth-order valence-electron chi connectivity index (χ4n) is 1.58. The summed E-state index contributed by atoms with van der Waals surface area (Å²) in [5.41, 5.74) is 0.326. The van der Waals surface area contributed by atoms with Crippen LogP contribution in [-0.4, -0.2) is 20.2 Å². The largest absolute Gasteiger partial charge is 0.295 e. The van der Waals surface area contributed by atoms with E-state index in [-0.39, 0.29) is 10.7 Å². The van der Waals surface area contributed by atoms with Crippen LogP contribution < -0.4 is 4.72 Å². The van der Waals surface area contributed by atoms with Crippen LogP contribution in [0.1, 0.15) is 37.0 Å². The summed E-state index contributed by atoms with van der Waals surface area (Å²) in [6.45, 7) is 3.24. The quantitative estimate of drug-likeness (QED) is 0.806. The van der Waals surface area contributed by atoms with E-state index in [4.69, 9.17) is 5.26 Å². The summed E-state index contributed by atoms with van der Waals surface area (Å²) in [4.78, 5) is 11.2. The maximum absolute atomic E-state index is 12.1. The van der Waals surface area contributed by atoms with Crippen molar-refractivity contribution in [2.75, 3.05) is 0 Å². The maximum atomic E-state index is 12.1. The van der Waals surface area contributed by atoms with Gasteiger partial charge < -0.3 is 0 Å². The van der Waals surface area contributed by atoms with Crippen LogP contribution in [-0.2, 0) is 10.0 Å². The number of Topliss-reactive ketones (excluding diaryl/α,β-unsaturated/α-hetero) is 1. The van der Waals surface area contributed by atoms with Crippen molar-refractivity contribution in [3.8, 4) is 6.07 Å². The van der Waals surface area contributed by atoms with Gasteiger partial charge in [0, 0.05) is 5.56 Å². The predicted octanol–water partition coefficient (Wildman–Crippen LogP) is 1.86. The lowest BCUT2D eigenvalue weighted by atomic mass is 10.2. The van der Waals surface area contributed by atoms with Crippen LogP contribution in [0.15, 0.2) is 29.2 Å². The third-order valence-corrected chi connectivity index (χ3v) is 4.05. The Kier molecular flexibility index (Phi) is 5.21. The number of ketones is 1. The Labute approximate surface area is 113 Å². The highest BCUT2D eigenvalue weighted by Gasteiger charge is 2.19. The fraction of sp³-hybridized carbons (Fsp3) is 0.385. The van der Waals surface area contributed by atoms with Gasteiger partial charge in [-0.25, -0.2) is 8.42 Å². The molecule has 19 heavy (non-hydrogen) atoms. The van der Waals surface area contributed by atoms with Crippen molar-refractivity contribution in [3.63, 3.8) is 0 Å². The van der Waals surface area contributed by atoms with Gasteiger partial charge in [-0.2, -0.15) is 9.98 Å². The zero-order valence-corrected chi connectivity index (χ0v) is 11.7. The van der Waals surface area contributed by atoms with E-state index in [1.54, 1.807) is 6.07 Å². The number of hydrogen-bond acceptors (Lipinski definition) is 4. The average Bonchev–Trinajstić information content (AvgIpc) is 2.38. The van der Waals surface area contributed by atoms with Crippen molar-refractivity contribution in [2.24, 2.45) is 0 Å². The topological polar surface area (TPSA) is 87.0 Å². The first-order valence-electron chi connectivity index (χ1n) is 5.93. The van der Waals surface area contributed by atoms with E-state index in [9.17, 15) is 13.2 Å². The molecule has 1 rings (SSSR count). The summed E-state index contributed by atoms with van der Waals surface area (Å²) in [6, 6.07) is 6.92. The van der Waals surface area contributed by atoms with Crippen LogP contribution in [0.25, 0.3) is 0 Å². The summed E-state index contributed by atoms with van der Waals surface area (Å²) < 4.78 is 26.5. The number of nitriles is 1. The molecule has 0 heterocycles. The van der Waals surface area contributed by atoms with Crippen LogP contribution in [0.2, 0.25) is 0 Å². The van der Waals surface area contributed by atoms with Crippen LogP contribution in [0.3, 0.4) is 0 Å². The van der Waals surface area contributed by atoms with Gasteiger partial charge in [0.2, 0.25) is 10.0 Å². The van der Waals surface area contributed by atoms with E-state index in [1.165, 1.54) is 25.1 Å². The Morgan fingerprint density at radius 1 is 1.47 bits per heavy atom. The molecule has 0 spiro atoms. The Morgan fingerprint density at radius 3 is 2.68 bits per heavy atom. The van der Waals surface area contributed by atoms with Gasteiger partial charge >= 0.3 is 0 Å². The zero-order valence-electron chi connectivity index (χ0n) is 10.9. The SMILES string of the molecule is CCCC(C#N)NS(=O)(=O)c1cccc(C(C)=O)c1. The molecule has 0 fully saturated rings. The molecule has 0 saturated heterocycles. The molecule has 5 nitrogen and oxygen atoms in total. The highest BCUT2D eigenvalue weighted by atomic mass is 32.2. The van der Waals surface area contributed by atoms with Crippen molar-refractivity contribution in [3.05, 3.63) is 29.8 Å². The van der Waals surface area contributed by atoms with E-state index in [0.717, 1.165) is 0 Å². The Balaban J connectivity index is 3.04. The molecular formula is C13H16N2O3S. The number of hydrogen-bond donors (Lipinski definition) is 1. The lowest BCUT2D eigenvalue weighted by Crippen LogP contribution is -2.33. The predicted molar refractivity (Wildman–Crippen MR) is 71.1 cm³/mol. The molecule has 0 amide bonds. The van der Waals surface area contributed by atoms with Gasteiger partial charge in [0.15, 0.2) is 5.78 Å². The second kappa shape index (κ2) is 6.45. The number of benzene rings is 1. The smallest absolute Gasteiger partial charge is 0.241 e. The molecule has 0 saturated carbocycles. The lowest BCUT2D eigenvalue weighted by Gasteiger charge is -2.11. The standard InChI is InChI=1S/C13H16N2O3S/c1-3-5-12(9-14)15-19(17,18)13-7-4-6-11(8-13)10(2)16/h4,6-8,12,15H,3,5H2,1-2H3. The molecule has 1 aromatic carbocycles. The molecule has 102 valence electrons. The van der Waals surface area contributed by atoms with Gasteiger partial charge in [-0.15, -0.1) is 0 Å². The molecule has 1 atom stereocenters. The molecule has 1 aromatic rings. The normalized spacial score (nSPS) is 12.7. The first-order valence-corrected chi connectivity index (χ1v) is 7.42. The first-order chi connectivity index (χ1) is 8.90. The van der Waals surface area contributed by atoms with Gasteiger partial charge in [-0.05, 0) is 25.5 Å². The van der Waals surface area contributed by atoms with E-state index in [0.29, 0.717) is 18.4 Å². The third-order valence-electron chi connectivity index (χ3n) is 2.58. The van der Waals surface area contributed by atoms with Crippen molar-refractivity contribution in [1.29, 1.82) is 5.26 Å². The van der Waals surface area contributed by atoms with Crippen molar-refractivity contribution >= 4 is 15.8 Å². The first kappa shape index (κ1) is 15.3. The third kappa shape index (κ3) is 4.16. The Bertz CT molecular complexity index is 603. The summed E-state index contributed by atoms with van der Waals surface area (Å²) in [5, 5.41) is 8.88. The Morgan fingerprint density at radius 2 is 2.16 bits per heavy atom. The van der Waals surface area contributed by atoms with Gasteiger partial charge in [-0.1, -0.05) is 25.5 Å². The van der Waals surface area contributed by atoms with Crippen LogP contribution >= 0.6 is 0 Å². The molecule has 0 aliphatic carbocycles. The summed E-state index contributed by atoms with van der Waals surface area (Å²) in [7, 11) is -3.77. The van der Waals surface area contributed by atoms with E-state index < -0.39 is 16.1 Å². The van der Waals surface area contributed by atoms with Crippen molar-refractivity contribution in [2.45, 2.75) is 37.6 Å². The molecule has 0 aromatic heterocycles. The van der Waals surface area contributed by atoms with E-state index in [1.807, 2.05) is 13.0 Å². The monoisotopic (exact) mass is 280 g/mol. The molecule has 0 bridgehead atoms. The minimum absolute atomic E-state index is 0.00319. The van der Waals surface area contributed by atoms with Gasteiger partial charge in [0.05, 0.1) is 11.0 Å². The summed E-state index contributed by atoms with van der Waals surface area (Å²) in [5.74, 6) is -0.206. The number of sulfonamides is 1. The highest BCUT2D eigenvalue weighted by Crippen LogP contribution is 2.13. The minimum atomic E-state index is -3.77. The number of nitrogens with one attached hydrogen (secondary N) is 1. The van der Waals surface area contributed by atoms with E-state index >= 15 is 0 Å². The molecule has 0 radical (unpaired) electrons. The highest BCUT2D eigenvalue weighted by molar-refractivity contribution is 7.89. The van der Waals surface area contributed by atoms with Gasteiger partial charge in [0.25, 0.3) is 0 Å². The second-order valence-electron chi connectivity index (χ2n) is 4.18. The van der Waals surface area contributed by atoms with Crippen LogP contribution in [0.4, 0.5) is 0 Å². The average molecular weight is 280 g/mol. The number of carbonyl (C=O) groups excluding carboxylic acids is 1. The Hall–Kier alpha value is -1.71. The number of nitrogens with zero attached hydrogens (tertiary/aromatic N) is 1. The minimum Gasteiger partial charge on any atom is -0.295 e. The lowest BCUT2D eigenvalue weighted by molar-refractivity contribution is 0.101. The van der Waals surface area contributed by atoms with Gasteiger partial charge in [-0.3, -0.25) is 4.79 Å². The molecule has 0 aliphatic heterocycles. The summed E-state index contributed by atoms with van der Waals surface area (Å²) in [6.07, 6.45) is 1.15. The fourth-order valence-corrected chi connectivity index (χ4v) is 2.80. The second-order valence-corrected chi connectivity index (χ2v) is 5.89. The summed E-state index contributed by atoms with van der Waals surface area (Å²) >= 11 is 0. The van der Waals surface area contributed by atoms with Crippen LogP contribution in [0, 0.1) is 11.3 Å². The molecular weight excluding hydrogens is 264 g/mol.